The molecule has 1 aliphatic heterocycles. The highest BCUT2D eigenvalue weighted by atomic mass is 16.4. The molecule has 0 radical (unpaired) electrons. The van der Waals surface area contributed by atoms with Gasteiger partial charge in [0.05, 0.1) is 12.1 Å². The molecule has 1 amide bonds. The Labute approximate surface area is 87.7 Å². The Morgan fingerprint density at radius 3 is 2.67 bits per heavy atom. The predicted octanol–water partition coefficient (Wildman–Crippen LogP) is -1.23. The molecule has 15 heavy (non-hydrogen) atoms. The number of carbonyl (C=O) groups is 2. The van der Waals surface area contributed by atoms with E-state index in [0.29, 0.717) is 6.42 Å². The van der Waals surface area contributed by atoms with Gasteiger partial charge in [-0.1, -0.05) is 6.92 Å². The number of β-amino-alcohol motifs (C(OH)–C–C–N with tert-alkyl or cyclic N) is 1. The van der Waals surface area contributed by atoms with Crippen LogP contribution < -0.4 is 5.73 Å². The van der Waals surface area contributed by atoms with Gasteiger partial charge < -0.3 is 20.8 Å². The Hall–Kier alpha value is -1.14. The fourth-order valence-corrected chi connectivity index (χ4v) is 1.68. The average Bonchev–Trinajstić information content (AvgIpc) is 2.58. The molecule has 1 saturated heterocycles. The number of aliphatic hydroxyl groups is 1. The summed E-state index contributed by atoms with van der Waals surface area (Å²) >= 11 is 0. The van der Waals surface area contributed by atoms with Crippen molar-refractivity contribution in [1.82, 2.24) is 4.90 Å². The van der Waals surface area contributed by atoms with Crippen LogP contribution in [0, 0.1) is 0 Å². The minimum Gasteiger partial charge on any atom is -0.480 e. The van der Waals surface area contributed by atoms with Gasteiger partial charge in [0.15, 0.2) is 0 Å². The van der Waals surface area contributed by atoms with Gasteiger partial charge in [-0.2, -0.15) is 0 Å². The lowest BCUT2D eigenvalue weighted by atomic mass is 10.1. The first kappa shape index (κ1) is 11.9. The van der Waals surface area contributed by atoms with Crippen molar-refractivity contribution < 1.29 is 19.8 Å². The smallest absolute Gasteiger partial charge is 0.326 e. The Kier molecular flexibility index (Phi) is 3.65. The third-order valence-electron chi connectivity index (χ3n) is 2.60. The number of aliphatic carboxylic acids is 1. The fourth-order valence-electron chi connectivity index (χ4n) is 1.68. The fraction of sp³-hybridized carbons (Fsp3) is 0.778. The number of carbonyl (C=O) groups excluding carboxylic acids is 1. The molecule has 0 aromatic carbocycles. The van der Waals surface area contributed by atoms with Crippen LogP contribution in [0.2, 0.25) is 0 Å². The zero-order valence-electron chi connectivity index (χ0n) is 8.59. The zero-order chi connectivity index (χ0) is 11.6. The summed E-state index contributed by atoms with van der Waals surface area (Å²) in [6.07, 6.45) is -0.228. The molecular weight excluding hydrogens is 200 g/mol. The van der Waals surface area contributed by atoms with Gasteiger partial charge in [0.1, 0.15) is 6.04 Å². The molecule has 1 aliphatic rings. The number of hydrogen-bond acceptors (Lipinski definition) is 4. The molecule has 0 aromatic rings. The third-order valence-corrected chi connectivity index (χ3v) is 2.60. The number of likely N-dealkylation sites (tertiary alicyclic amines) is 1. The number of carboxylic acid groups (broad SMARTS) is 1. The van der Waals surface area contributed by atoms with Gasteiger partial charge in [-0.3, -0.25) is 4.79 Å². The first-order valence-corrected chi connectivity index (χ1v) is 4.94. The van der Waals surface area contributed by atoms with Gasteiger partial charge in [-0.05, 0) is 6.42 Å². The SMILES string of the molecule is CC[C@H](N)C(=O)N1C[C@H](O)C[C@H]1C(=O)O. The van der Waals surface area contributed by atoms with Crippen molar-refractivity contribution in [3.63, 3.8) is 0 Å². The topological polar surface area (TPSA) is 104 Å². The van der Waals surface area contributed by atoms with Gasteiger partial charge in [-0.15, -0.1) is 0 Å². The van der Waals surface area contributed by atoms with Crippen LogP contribution in [-0.4, -0.2) is 51.7 Å². The van der Waals surface area contributed by atoms with Crippen LogP contribution in [0.3, 0.4) is 0 Å². The largest absolute Gasteiger partial charge is 0.480 e. The molecule has 86 valence electrons. The van der Waals surface area contributed by atoms with Gasteiger partial charge >= 0.3 is 5.97 Å². The number of hydrogen-bond donors (Lipinski definition) is 3. The number of nitrogens with zero attached hydrogens (tertiary/aromatic N) is 1. The van der Waals surface area contributed by atoms with Crippen LogP contribution in [-0.2, 0) is 9.59 Å². The van der Waals surface area contributed by atoms with E-state index in [-0.39, 0.29) is 13.0 Å². The lowest BCUT2D eigenvalue weighted by Crippen LogP contribution is -2.48. The number of rotatable bonds is 3. The maximum atomic E-state index is 11.7. The van der Waals surface area contributed by atoms with E-state index in [4.69, 9.17) is 10.8 Å². The van der Waals surface area contributed by atoms with Crippen LogP contribution in [0.4, 0.5) is 0 Å². The standard InChI is InChI=1S/C9H16N2O4/c1-2-6(10)8(13)11-4-5(12)3-7(11)9(14)15/h5-7,12H,2-4,10H2,1H3,(H,14,15)/t5-,6+,7+/m1/s1. The quantitative estimate of drug-likeness (QED) is 0.548. The Morgan fingerprint density at radius 2 is 2.20 bits per heavy atom. The molecule has 0 aliphatic carbocycles. The summed E-state index contributed by atoms with van der Waals surface area (Å²) in [7, 11) is 0. The molecule has 0 saturated carbocycles. The molecule has 1 heterocycles. The minimum absolute atomic E-state index is 0.0590. The molecule has 0 bridgehead atoms. The summed E-state index contributed by atoms with van der Waals surface area (Å²) in [5.41, 5.74) is 5.54. The highest BCUT2D eigenvalue weighted by molar-refractivity contribution is 5.87. The summed E-state index contributed by atoms with van der Waals surface area (Å²) in [4.78, 5) is 23.6. The summed E-state index contributed by atoms with van der Waals surface area (Å²) in [5.74, 6) is -1.50. The van der Waals surface area contributed by atoms with E-state index in [2.05, 4.69) is 0 Å². The predicted molar refractivity (Wildman–Crippen MR) is 52.0 cm³/mol. The Bertz CT molecular complexity index is 269. The molecule has 0 unspecified atom stereocenters. The second kappa shape index (κ2) is 4.59. The first-order chi connectivity index (χ1) is 6.97. The van der Waals surface area contributed by atoms with Crippen molar-refractivity contribution in [2.75, 3.05) is 6.54 Å². The van der Waals surface area contributed by atoms with Crippen molar-refractivity contribution in [1.29, 1.82) is 0 Å². The number of carboxylic acids is 1. The molecule has 3 atom stereocenters. The van der Waals surface area contributed by atoms with E-state index in [1.54, 1.807) is 6.92 Å². The Balaban J connectivity index is 2.75. The second-order valence-corrected chi connectivity index (χ2v) is 3.75. The molecule has 0 aromatic heterocycles. The molecule has 4 N–H and O–H groups in total. The molecule has 1 rings (SSSR count). The van der Waals surface area contributed by atoms with Crippen molar-refractivity contribution in [2.24, 2.45) is 5.73 Å². The van der Waals surface area contributed by atoms with Crippen LogP contribution in [0.25, 0.3) is 0 Å². The lowest BCUT2D eigenvalue weighted by Gasteiger charge is -2.23. The normalized spacial score (nSPS) is 27.8. The second-order valence-electron chi connectivity index (χ2n) is 3.75. The maximum absolute atomic E-state index is 11.7. The highest BCUT2D eigenvalue weighted by Crippen LogP contribution is 2.19. The van der Waals surface area contributed by atoms with Gasteiger partial charge in [-0.25, -0.2) is 4.79 Å². The van der Waals surface area contributed by atoms with Crippen LogP contribution in [0.5, 0.6) is 0 Å². The van der Waals surface area contributed by atoms with E-state index in [0.717, 1.165) is 4.90 Å². The summed E-state index contributed by atoms with van der Waals surface area (Å²) in [5, 5.41) is 18.2. The summed E-state index contributed by atoms with van der Waals surface area (Å²) < 4.78 is 0. The van der Waals surface area contributed by atoms with E-state index in [9.17, 15) is 14.7 Å². The van der Waals surface area contributed by atoms with Gasteiger partial charge in [0.2, 0.25) is 5.91 Å². The summed E-state index contributed by atoms with van der Waals surface area (Å²) in [6, 6.07) is -1.62. The van der Waals surface area contributed by atoms with Gasteiger partial charge in [0, 0.05) is 13.0 Å². The van der Waals surface area contributed by atoms with E-state index in [1.165, 1.54) is 0 Å². The Morgan fingerprint density at radius 1 is 1.60 bits per heavy atom. The first-order valence-electron chi connectivity index (χ1n) is 4.94. The molecular formula is C9H16N2O4. The number of nitrogens with two attached hydrogens (primary N) is 1. The maximum Gasteiger partial charge on any atom is 0.326 e. The molecule has 6 heteroatoms. The van der Waals surface area contributed by atoms with Crippen LogP contribution in [0.15, 0.2) is 0 Å². The van der Waals surface area contributed by atoms with Crippen molar-refractivity contribution in [3.8, 4) is 0 Å². The zero-order valence-corrected chi connectivity index (χ0v) is 8.59. The average molecular weight is 216 g/mol. The molecule has 1 fully saturated rings. The lowest BCUT2D eigenvalue weighted by molar-refractivity contribution is -0.148. The highest BCUT2D eigenvalue weighted by Gasteiger charge is 2.39. The monoisotopic (exact) mass is 216 g/mol. The van der Waals surface area contributed by atoms with Gasteiger partial charge in [0.25, 0.3) is 0 Å². The minimum atomic E-state index is -1.09. The van der Waals surface area contributed by atoms with Crippen molar-refractivity contribution >= 4 is 11.9 Å². The third kappa shape index (κ3) is 2.45. The number of aliphatic hydroxyl groups excluding tert-OH is 1. The number of amides is 1. The van der Waals surface area contributed by atoms with Crippen LogP contribution >= 0.6 is 0 Å². The van der Waals surface area contributed by atoms with Crippen LogP contribution in [0.1, 0.15) is 19.8 Å². The van der Waals surface area contributed by atoms with E-state index >= 15 is 0 Å². The van der Waals surface area contributed by atoms with E-state index < -0.39 is 30.1 Å². The molecule has 6 nitrogen and oxygen atoms in total. The van der Waals surface area contributed by atoms with Crippen molar-refractivity contribution in [2.45, 2.75) is 38.0 Å². The van der Waals surface area contributed by atoms with Crippen molar-refractivity contribution in [3.05, 3.63) is 0 Å². The summed E-state index contributed by atoms with van der Waals surface area (Å²) in [6.45, 7) is 1.81. The van der Waals surface area contributed by atoms with E-state index in [1.807, 2.05) is 0 Å². The molecule has 0 spiro atoms.